The summed E-state index contributed by atoms with van der Waals surface area (Å²) >= 11 is 0. The van der Waals surface area contributed by atoms with Crippen molar-refractivity contribution in [2.45, 2.75) is 19.9 Å². The van der Waals surface area contributed by atoms with Crippen LogP contribution in [0.2, 0.25) is 0 Å². The molecule has 1 aliphatic heterocycles. The first-order valence-electron chi connectivity index (χ1n) is 5.79. The molecule has 0 aliphatic carbocycles. The number of hydrogen-bond donors (Lipinski definition) is 2. The number of rotatable bonds is 3. The number of nitrogens with one attached hydrogen (secondary N) is 2. The lowest BCUT2D eigenvalue weighted by atomic mass is 10.0. The average Bonchev–Trinajstić information content (AvgIpc) is 2.27. The highest BCUT2D eigenvalue weighted by atomic mass is 16.1. The Labute approximate surface area is 101 Å². The molecule has 2 N–H and O–H groups in total. The van der Waals surface area contributed by atoms with Crippen LogP contribution in [0.15, 0.2) is 35.5 Å². The van der Waals surface area contributed by atoms with Crippen molar-refractivity contribution in [3.8, 4) is 0 Å². The lowest BCUT2D eigenvalue weighted by Gasteiger charge is -2.22. The largest absolute Gasteiger partial charge is 0.344 e. The Bertz CT molecular complexity index is 433. The van der Waals surface area contributed by atoms with Gasteiger partial charge >= 0.3 is 0 Å². The average molecular weight is 231 g/mol. The molecule has 0 saturated carbocycles. The molecular weight excluding hydrogens is 214 g/mol. The summed E-state index contributed by atoms with van der Waals surface area (Å²) < 4.78 is 0. The van der Waals surface area contributed by atoms with Crippen LogP contribution in [0.25, 0.3) is 0 Å². The number of hydrogen-bond acceptors (Lipinski definition) is 3. The molecule has 0 spiro atoms. The van der Waals surface area contributed by atoms with Crippen molar-refractivity contribution in [2.24, 2.45) is 0 Å². The van der Waals surface area contributed by atoms with Crippen molar-refractivity contribution >= 4 is 5.91 Å². The van der Waals surface area contributed by atoms with E-state index in [0.717, 1.165) is 24.4 Å². The maximum atomic E-state index is 11.9. The van der Waals surface area contributed by atoms with Gasteiger partial charge in [0.1, 0.15) is 0 Å². The van der Waals surface area contributed by atoms with Crippen LogP contribution in [-0.2, 0) is 4.79 Å². The van der Waals surface area contributed by atoms with E-state index in [9.17, 15) is 4.79 Å². The van der Waals surface area contributed by atoms with Crippen LogP contribution >= 0.6 is 0 Å². The van der Waals surface area contributed by atoms with E-state index in [2.05, 4.69) is 15.6 Å². The molecule has 2 rings (SSSR count). The second kappa shape index (κ2) is 5.10. The molecule has 1 saturated heterocycles. The highest BCUT2D eigenvalue weighted by molar-refractivity contribution is 5.94. The van der Waals surface area contributed by atoms with Gasteiger partial charge in [-0.05, 0) is 31.6 Å². The third-order valence-electron chi connectivity index (χ3n) is 3.03. The molecule has 1 aromatic rings. The molecule has 1 amide bonds. The van der Waals surface area contributed by atoms with E-state index < -0.39 is 0 Å². The summed E-state index contributed by atoms with van der Waals surface area (Å²) in [6.07, 6.45) is 1.74. The predicted molar refractivity (Wildman–Crippen MR) is 66.4 cm³/mol. The van der Waals surface area contributed by atoms with Gasteiger partial charge in [0.25, 0.3) is 0 Å². The molecular formula is C13H17N3O. The zero-order valence-corrected chi connectivity index (χ0v) is 10.2. The van der Waals surface area contributed by atoms with Gasteiger partial charge in [-0.1, -0.05) is 6.07 Å². The first kappa shape index (κ1) is 11.8. The standard InChI is InChI=1S/C13H17N3O/c1-9(11-7-14-8-11)13(17)16-10(2)12-5-3-4-6-15-12/h3-6,10,14H,7-8H2,1-2H3,(H,16,17)/t10-/m1/s1. The molecule has 1 fully saturated rings. The highest BCUT2D eigenvalue weighted by Gasteiger charge is 2.17. The van der Waals surface area contributed by atoms with Crippen molar-refractivity contribution in [1.29, 1.82) is 0 Å². The summed E-state index contributed by atoms with van der Waals surface area (Å²) in [5, 5.41) is 6.09. The molecule has 0 bridgehead atoms. The molecule has 4 heteroatoms. The van der Waals surface area contributed by atoms with Crippen molar-refractivity contribution in [2.75, 3.05) is 13.1 Å². The van der Waals surface area contributed by atoms with Crippen LogP contribution in [-0.4, -0.2) is 24.0 Å². The fourth-order valence-corrected chi connectivity index (χ4v) is 1.69. The van der Waals surface area contributed by atoms with Crippen LogP contribution in [0.4, 0.5) is 0 Å². The van der Waals surface area contributed by atoms with Gasteiger partial charge in [-0.2, -0.15) is 0 Å². The normalized spacial score (nSPS) is 16.0. The minimum Gasteiger partial charge on any atom is -0.344 e. The van der Waals surface area contributed by atoms with Gasteiger partial charge in [-0.3, -0.25) is 9.78 Å². The van der Waals surface area contributed by atoms with Crippen molar-refractivity contribution in [3.63, 3.8) is 0 Å². The molecule has 1 aromatic heterocycles. The van der Waals surface area contributed by atoms with E-state index in [1.54, 1.807) is 6.20 Å². The van der Waals surface area contributed by atoms with E-state index in [1.807, 2.05) is 32.0 Å². The Morgan fingerprint density at radius 1 is 1.47 bits per heavy atom. The Hall–Kier alpha value is -1.68. The van der Waals surface area contributed by atoms with Gasteiger partial charge in [0.2, 0.25) is 5.91 Å². The number of amides is 1. The van der Waals surface area contributed by atoms with Crippen molar-refractivity contribution in [3.05, 3.63) is 41.2 Å². The van der Waals surface area contributed by atoms with E-state index in [-0.39, 0.29) is 11.9 Å². The Morgan fingerprint density at radius 3 is 2.76 bits per heavy atom. The Kier molecular flexibility index (Phi) is 3.54. The molecule has 90 valence electrons. The number of carbonyl (C=O) groups excluding carboxylic acids is 1. The zero-order chi connectivity index (χ0) is 12.3. The minimum atomic E-state index is -0.0627. The van der Waals surface area contributed by atoms with Crippen LogP contribution in [0.5, 0.6) is 0 Å². The monoisotopic (exact) mass is 231 g/mol. The minimum absolute atomic E-state index is 0.000321. The molecule has 1 aliphatic rings. The summed E-state index contributed by atoms with van der Waals surface area (Å²) in [4.78, 5) is 16.2. The van der Waals surface area contributed by atoms with Crippen LogP contribution < -0.4 is 10.6 Å². The van der Waals surface area contributed by atoms with Crippen LogP contribution in [0, 0.1) is 0 Å². The molecule has 2 heterocycles. The van der Waals surface area contributed by atoms with Gasteiger partial charge in [-0.15, -0.1) is 0 Å². The molecule has 1 atom stereocenters. The smallest absolute Gasteiger partial charge is 0.247 e. The lowest BCUT2D eigenvalue weighted by molar-refractivity contribution is -0.118. The van der Waals surface area contributed by atoms with Crippen molar-refractivity contribution < 1.29 is 4.79 Å². The van der Waals surface area contributed by atoms with Gasteiger partial charge in [-0.25, -0.2) is 0 Å². The first-order valence-corrected chi connectivity index (χ1v) is 5.79. The summed E-state index contributed by atoms with van der Waals surface area (Å²) in [7, 11) is 0. The van der Waals surface area contributed by atoms with E-state index in [1.165, 1.54) is 5.57 Å². The summed E-state index contributed by atoms with van der Waals surface area (Å²) in [6, 6.07) is 5.64. The summed E-state index contributed by atoms with van der Waals surface area (Å²) in [5.41, 5.74) is 2.90. The van der Waals surface area contributed by atoms with Gasteiger partial charge < -0.3 is 10.6 Å². The Balaban J connectivity index is 1.99. The maximum absolute atomic E-state index is 11.9. The summed E-state index contributed by atoms with van der Waals surface area (Å²) in [5.74, 6) is -0.000321. The van der Waals surface area contributed by atoms with Crippen molar-refractivity contribution in [1.82, 2.24) is 15.6 Å². The third kappa shape index (κ3) is 2.71. The maximum Gasteiger partial charge on any atom is 0.247 e. The number of aromatic nitrogens is 1. The predicted octanol–water partition coefficient (Wildman–Crippen LogP) is 1.18. The first-order chi connectivity index (χ1) is 8.18. The number of pyridine rings is 1. The van der Waals surface area contributed by atoms with E-state index in [0.29, 0.717) is 0 Å². The Morgan fingerprint density at radius 2 is 2.24 bits per heavy atom. The lowest BCUT2D eigenvalue weighted by Crippen LogP contribution is -2.38. The second-order valence-electron chi connectivity index (χ2n) is 4.28. The van der Waals surface area contributed by atoms with Crippen LogP contribution in [0.3, 0.4) is 0 Å². The molecule has 0 unspecified atom stereocenters. The fraction of sp³-hybridized carbons (Fsp3) is 0.385. The zero-order valence-electron chi connectivity index (χ0n) is 10.2. The van der Waals surface area contributed by atoms with Gasteiger partial charge in [0.05, 0.1) is 11.7 Å². The number of carbonyl (C=O) groups is 1. The number of nitrogens with zero attached hydrogens (tertiary/aromatic N) is 1. The molecule has 0 radical (unpaired) electrons. The SMILES string of the molecule is CC(C(=O)N[C@H](C)c1ccccn1)=C1CNC1. The third-order valence-corrected chi connectivity index (χ3v) is 3.03. The van der Waals surface area contributed by atoms with E-state index >= 15 is 0 Å². The molecule has 17 heavy (non-hydrogen) atoms. The second-order valence-corrected chi connectivity index (χ2v) is 4.28. The molecule has 4 nitrogen and oxygen atoms in total. The summed E-state index contributed by atoms with van der Waals surface area (Å²) in [6.45, 7) is 5.47. The van der Waals surface area contributed by atoms with Gasteiger partial charge in [0, 0.05) is 24.9 Å². The van der Waals surface area contributed by atoms with Gasteiger partial charge in [0.15, 0.2) is 0 Å². The molecule has 0 aromatic carbocycles. The highest BCUT2D eigenvalue weighted by Crippen LogP contribution is 2.12. The fourth-order valence-electron chi connectivity index (χ4n) is 1.69. The quantitative estimate of drug-likeness (QED) is 0.768. The van der Waals surface area contributed by atoms with E-state index in [4.69, 9.17) is 0 Å². The van der Waals surface area contributed by atoms with Crippen LogP contribution in [0.1, 0.15) is 25.6 Å². The topological polar surface area (TPSA) is 54.0 Å².